The first-order valence-corrected chi connectivity index (χ1v) is 7.78. The number of nitrogens with one attached hydrogen (secondary N) is 1. The molecule has 0 unspecified atom stereocenters. The molecule has 0 atom stereocenters. The van der Waals surface area contributed by atoms with Gasteiger partial charge >= 0.3 is 0 Å². The van der Waals surface area contributed by atoms with Gasteiger partial charge in [-0.2, -0.15) is 0 Å². The minimum absolute atomic E-state index is 0.161. The van der Waals surface area contributed by atoms with Gasteiger partial charge in [0, 0.05) is 26.0 Å². The summed E-state index contributed by atoms with van der Waals surface area (Å²) in [6.45, 7) is 3.16. The molecule has 7 heteroatoms. The first-order valence-electron chi connectivity index (χ1n) is 5.72. The Hall–Kier alpha value is -1.21. The van der Waals surface area contributed by atoms with Crippen LogP contribution in [0.3, 0.4) is 0 Å². The largest absolute Gasteiger partial charge is 0.378 e. The maximum atomic E-state index is 11.3. The van der Waals surface area contributed by atoms with Crippen molar-refractivity contribution in [3.8, 4) is 0 Å². The van der Waals surface area contributed by atoms with E-state index in [2.05, 4.69) is 15.3 Å². The Kier molecular flexibility index (Phi) is 5.49. The molecule has 102 valence electrons. The highest BCUT2D eigenvalue weighted by Gasteiger charge is 2.10. The Morgan fingerprint density at radius 3 is 2.67 bits per heavy atom. The van der Waals surface area contributed by atoms with Crippen LogP contribution < -0.4 is 5.32 Å². The lowest BCUT2D eigenvalue weighted by atomic mass is 10.4. The van der Waals surface area contributed by atoms with Crippen LogP contribution in [-0.4, -0.2) is 38.3 Å². The third-order valence-corrected chi connectivity index (χ3v) is 2.85. The molecular formula is C11H19N3O3S. The predicted molar refractivity (Wildman–Crippen MR) is 70.1 cm³/mol. The first-order chi connectivity index (χ1) is 8.44. The van der Waals surface area contributed by atoms with Crippen LogP contribution in [0.5, 0.6) is 0 Å². The molecule has 0 bridgehead atoms. The summed E-state index contributed by atoms with van der Waals surface area (Å²) >= 11 is 0. The third kappa shape index (κ3) is 5.42. The molecular weight excluding hydrogens is 254 g/mol. The molecule has 1 aromatic heterocycles. The summed E-state index contributed by atoms with van der Waals surface area (Å²) in [6, 6.07) is 1.77. The van der Waals surface area contributed by atoms with Crippen LogP contribution in [0.15, 0.2) is 6.07 Å². The number of anilines is 1. The van der Waals surface area contributed by atoms with E-state index >= 15 is 0 Å². The number of rotatable bonds is 7. The van der Waals surface area contributed by atoms with Gasteiger partial charge in [-0.1, -0.05) is 6.92 Å². The molecule has 0 spiro atoms. The van der Waals surface area contributed by atoms with Crippen LogP contribution in [-0.2, 0) is 26.9 Å². The number of hydrogen-bond donors (Lipinski definition) is 1. The lowest BCUT2D eigenvalue weighted by molar-refractivity contribution is 0.181. The van der Waals surface area contributed by atoms with Gasteiger partial charge in [-0.3, -0.25) is 0 Å². The van der Waals surface area contributed by atoms with Crippen LogP contribution in [0, 0.1) is 0 Å². The molecule has 0 fully saturated rings. The molecule has 6 nitrogen and oxygen atoms in total. The molecule has 0 aliphatic carbocycles. The number of methoxy groups -OCH3 is 1. The summed E-state index contributed by atoms with van der Waals surface area (Å²) in [5.41, 5.74) is 0.671. The minimum atomic E-state index is -3.14. The summed E-state index contributed by atoms with van der Waals surface area (Å²) in [5, 5.41) is 3.12. The van der Waals surface area contributed by atoms with Gasteiger partial charge in [0.2, 0.25) is 0 Å². The summed E-state index contributed by atoms with van der Waals surface area (Å²) in [6.07, 6.45) is 2.13. The topological polar surface area (TPSA) is 81.2 Å². The molecule has 0 radical (unpaired) electrons. The fourth-order valence-corrected chi connectivity index (χ4v) is 2.01. The number of ether oxygens (including phenoxy) is 1. The molecule has 0 aliphatic rings. The molecule has 0 aromatic carbocycles. The Bertz CT molecular complexity index is 488. The van der Waals surface area contributed by atoms with Gasteiger partial charge in [0.15, 0.2) is 9.84 Å². The molecule has 0 saturated carbocycles. The van der Waals surface area contributed by atoms with Crippen molar-refractivity contribution < 1.29 is 13.2 Å². The SMILES string of the molecule is CCCNc1cc(COC)nc(CS(C)(=O)=O)n1. The van der Waals surface area contributed by atoms with Crippen molar-refractivity contribution in [3.05, 3.63) is 17.6 Å². The monoisotopic (exact) mass is 273 g/mol. The maximum Gasteiger partial charge on any atom is 0.154 e. The van der Waals surface area contributed by atoms with Gasteiger partial charge < -0.3 is 10.1 Å². The second-order valence-corrected chi connectivity index (χ2v) is 6.23. The maximum absolute atomic E-state index is 11.3. The molecule has 1 N–H and O–H groups in total. The van der Waals surface area contributed by atoms with E-state index in [-0.39, 0.29) is 5.75 Å². The highest BCUT2D eigenvalue weighted by molar-refractivity contribution is 7.89. The van der Waals surface area contributed by atoms with E-state index in [9.17, 15) is 8.42 Å². The Morgan fingerprint density at radius 2 is 2.11 bits per heavy atom. The Labute approximate surface area is 108 Å². The summed E-state index contributed by atoms with van der Waals surface area (Å²) in [5.74, 6) is 0.772. The van der Waals surface area contributed by atoms with Crippen molar-refractivity contribution in [3.63, 3.8) is 0 Å². The fraction of sp³-hybridized carbons (Fsp3) is 0.636. The normalized spacial score (nSPS) is 11.5. The molecule has 0 saturated heterocycles. The standard InChI is InChI=1S/C11H19N3O3S/c1-4-5-12-10-6-9(7-17-2)13-11(14-10)8-18(3,15)16/h6H,4-5,7-8H2,1-3H3,(H,12,13,14). The Morgan fingerprint density at radius 1 is 1.39 bits per heavy atom. The summed E-state index contributed by atoms with van der Waals surface area (Å²) in [4.78, 5) is 8.34. The molecule has 1 aromatic rings. The average molecular weight is 273 g/mol. The predicted octanol–water partition coefficient (Wildman–Crippen LogP) is 0.990. The van der Waals surface area contributed by atoms with Crippen molar-refractivity contribution >= 4 is 15.7 Å². The van der Waals surface area contributed by atoms with Crippen LogP contribution in [0.25, 0.3) is 0 Å². The number of nitrogens with zero attached hydrogens (tertiary/aromatic N) is 2. The van der Waals surface area contributed by atoms with E-state index in [4.69, 9.17) is 4.74 Å². The second-order valence-electron chi connectivity index (χ2n) is 4.09. The number of sulfone groups is 1. The first kappa shape index (κ1) is 14.8. The van der Waals surface area contributed by atoms with Crippen molar-refractivity contribution in [2.45, 2.75) is 25.7 Å². The number of aromatic nitrogens is 2. The van der Waals surface area contributed by atoms with Crippen molar-refractivity contribution in [2.75, 3.05) is 25.2 Å². The highest BCUT2D eigenvalue weighted by Crippen LogP contribution is 2.10. The van der Waals surface area contributed by atoms with Crippen molar-refractivity contribution in [1.82, 2.24) is 9.97 Å². The molecule has 1 rings (SSSR count). The van der Waals surface area contributed by atoms with Gasteiger partial charge in [-0.25, -0.2) is 18.4 Å². The van der Waals surface area contributed by atoms with Crippen LogP contribution in [0.1, 0.15) is 24.9 Å². The van der Waals surface area contributed by atoms with E-state index in [0.717, 1.165) is 13.0 Å². The van der Waals surface area contributed by atoms with Crippen molar-refractivity contribution in [1.29, 1.82) is 0 Å². The number of hydrogen-bond acceptors (Lipinski definition) is 6. The van der Waals surface area contributed by atoms with Gasteiger partial charge in [-0.05, 0) is 6.42 Å². The zero-order valence-electron chi connectivity index (χ0n) is 10.9. The molecule has 18 heavy (non-hydrogen) atoms. The zero-order valence-corrected chi connectivity index (χ0v) is 11.7. The highest BCUT2D eigenvalue weighted by atomic mass is 32.2. The van der Waals surface area contributed by atoms with E-state index < -0.39 is 9.84 Å². The summed E-state index contributed by atoms with van der Waals surface area (Å²) < 4.78 is 27.5. The van der Waals surface area contributed by atoms with Gasteiger partial charge in [0.1, 0.15) is 17.4 Å². The quantitative estimate of drug-likeness (QED) is 0.798. The lowest BCUT2D eigenvalue weighted by Crippen LogP contribution is -2.11. The molecule has 1 heterocycles. The lowest BCUT2D eigenvalue weighted by Gasteiger charge is -2.08. The average Bonchev–Trinajstić information content (AvgIpc) is 2.24. The van der Waals surface area contributed by atoms with E-state index in [1.165, 1.54) is 6.26 Å². The summed E-state index contributed by atoms with van der Waals surface area (Å²) in [7, 11) is -1.57. The fourth-order valence-electron chi connectivity index (χ4n) is 1.42. The van der Waals surface area contributed by atoms with Gasteiger partial charge in [-0.15, -0.1) is 0 Å². The van der Waals surface area contributed by atoms with Crippen molar-refractivity contribution in [2.24, 2.45) is 0 Å². The second kappa shape index (κ2) is 6.65. The smallest absolute Gasteiger partial charge is 0.154 e. The van der Waals surface area contributed by atoms with Gasteiger partial charge in [0.05, 0.1) is 12.3 Å². The molecule has 0 amide bonds. The van der Waals surface area contributed by atoms with Crippen LogP contribution in [0.4, 0.5) is 5.82 Å². The van der Waals surface area contributed by atoms with Crippen LogP contribution >= 0.6 is 0 Å². The minimum Gasteiger partial charge on any atom is -0.378 e. The van der Waals surface area contributed by atoms with E-state index in [0.29, 0.717) is 23.9 Å². The van der Waals surface area contributed by atoms with Gasteiger partial charge in [0.25, 0.3) is 0 Å². The van der Waals surface area contributed by atoms with E-state index in [1.54, 1.807) is 13.2 Å². The van der Waals surface area contributed by atoms with Crippen LogP contribution in [0.2, 0.25) is 0 Å². The molecule has 0 aliphatic heterocycles. The van der Waals surface area contributed by atoms with E-state index in [1.807, 2.05) is 6.92 Å². The third-order valence-electron chi connectivity index (χ3n) is 2.07. The zero-order chi connectivity index (χ0) is 13.6. The Balaban J connectivity index is 2.97.